The SMILES string of the molecule is C=C(C)C(C)CC[C@@H](C)[C@H]1CC[C@@]2(C)[C@@H]3CC[C@H]4[C@H](C)[C@@H](O)CC[C@@]45C[C@@]35CC[C@]12C. The zero-order valence-electron chi connectivity index (χ0n) is 21.5. The van der Waals surface area contributed by atoms with Crippen molar-refractivity contribution in [1.82, 2.24) is 0 Å². The number of rotatable bonds is 5. The van der Waals surface area contributed by atoms with Crippen LogP contribution in [0.15, 0.2) is 12.2 Å². The van der Waals surface area contributed by atoms with Gasteiger partial charge < -0.3 is 5.11 Å². The van der Waals surface area contributed by atoms with Crippen LogP contribution in [-0.2, 0) is 0 Å². The number of aliphatic hydroxyl groups excluding tert-OH is 1. The van der Waals surface area contributed by atoms with Gasteiger partial charge in [0.2, 0.25) is 0 Å². The molecule has 0 bridgehead atoms. The van der Waals surface area contributed by atoms with Crippen LogP contribution in [0.5, 0.6) is 0 Å². The number of aliphatic hydroxyl groups is 1. The lowest BCUT2D eigenvalue weighted by Gasteiger charge is -2.62. The van der Waals surface area contributed by atoms with Crippen LogP contribution in [-0.4, -0.2) is 11.2 Å². The van der Waals surface area contributed by atoms with Gasteiger partial charge in [0, 0.05) is 0 Å². The summed E-state index contributed by atoms with van der Waals surface area (Å²) in [6.45, 7) is 19.2. The zero-order valence-corrected chi connectivity index (χ0v) is 21.5. The predicted octanol–water partition coefficient (Wildman–Crippen LogP) is 8.02. The second kappa shape index (κ2) is 7.10. The maximum absolute atomic E-state index is 10.6. The summed E-state index contributed by atoms with van der Waals surface area (Å²) in [7, 11) is 0. The van der Waals surface area contributed by atoms with Crippen LogP contribution in [0.3, 0.4) is 0 Å². The third kappa shape index (κ3) is 2.77. The van der Waals surface area contributed by atoms with Crippen LogP contribution in [0.1, 0.15) is 112 Å². The van der Waals surface area contributed by atoms with Crippen LogP contribution in [0.4, 0.5) is 0 Å². The lowest BCUT2D eigenvalue weighted by atomic mass is 9.43. The van der Waals surface area contributed by atoms with E-state index in [-0.39, 0.29) is 6.10 Å². The Morgan fingerprint density at radius 3 is 2.39 bits per heavy atom. The number of allylic oxidation sites excluding steroid dienone is 1. The molecule has 0 aromatic rings. The summed E-state index contributed by atoms with van der Waals surface area (Å²) in [5, 5.41) is 10.6. The fraction of sp³-hybridized carbons (Fsp3) is 0.933. The number of hydrogen-bond acceptors (Lipinski definition) is 1. The quantitative estimate of drug-likeness (QED) is 0.441. The van der Waals surface area contributed by atoms with Crippen LogP contribution >= 0.6 is 0 Å². The molecule has 5 fully saturated rings. The third-order valence-electron chi connectivity index (χ3n) is 13.3. The van der Waals surface area contributed by atoms with Crippen molar-refractivity contribution in [2.24, 2.45) is 57.2 Å². The van der Waals surface area contributed by atoms with Crippen molar-refractivity contribution in [1.29, 1.82) is 0 Å². The maximum atomic E-state index is 10.6. The average molecular weight is 427 g/mol. The predicted molar refractivity (Wildman–Crippen MR) is 131 cm³/mol. The van der Waals surface area contributed by atoms with Gasteiger partial charge in [-0.1, -0.05) is 46.8 Å². The van der Waals surface area contributed by atoms with Crippen molar-refractivity contribution in [3.05, 3.63) is 12.2 Å². The Bertz CT molecular complexity index is 741. The van der Waals surface area contributed by atoms with Crippen LogP contribution in [0.25, 0.3) is 0 Å². The number of hydrogen-bond donors (Lipinski definition) is 1. The van der Waals surface area contributed by atoms with Gasteiger partial charge in [0.05, 0.1) is 6.10 Å². The highest BCUT2D eigenvalue weighted by molar-refractivity contribution is 5.29. The molecule has 0 aromatic heterocycles. The highest BCUT2D eigenvalue weighted by Gasteiger charge is 2.81. The summed E-state index contributed by atoms with van der Waals surface area (Å²) in [5.74, 6) is 4.71. The lowest BCUT2D eigenvalue weighted by molar-refractivity contribution is -0.143. The number of fused-ring (bicyclic) bond motifs is 2. The van der Waals surface area contributed by atoms with E-state index in [4.69, 9.17) is 0 Å². The van der Waals surface area contributed by atoms with Crippen molar-refractivity contribution in [3.63, 3.8) is 0 Å². The molecular formula is C30H50O. The molecule has 1 N–H and O–H groups in total. The lowest BCUT2D eigenvalue weighted by Crippen LogP contribution is -2.55. The van der Waals surface area contributed by atoms with Crippen LogP contribution < -0.4 is 0 Å². The van der Waals surface area contributed by atoms with Gasteiger partial charge in [-0.15, -0.1) is 0 Å². The molecule has 0 amide bonds. The smallest absolute Gasteiger partial charge is 0.0568 e. The van der Waals surface area contributed by atoms with E-state index < -0.39 is 0 Å². The van der Waals surface area contributed by atoms with Gasteiger partial charge in [0.15, 0.2) is 0 Å². The third-order valence-corrected chi connectivity index (χ3v) is 13.3. The Balaban J connectivity index is 1.37. The second-order valence-corrected chi connectivity index (χ2v) is 14.0. The minimum Gasteiger partial charge on any atom is -0.393 e. The van der Waals surface area contributed by atoms with Gasteiger partial charge >= 0.3 is 0 Å². The first-order valence-corrected chi connectivity index (χ1v) is 13.9. The van der Waals surface area contributed by atoms with E-state index in [0.717, 1.165) is 30.1 Å². The van der Waals surface area contributed by atoms with Crippen molar-refractivity contribution < 1.29 is 5.11 Å². The van der Waals surface area contributed by atoms with Crippen molar-refractivity contribution in [2.75, 3.05) is 0 Å². The van der Waals surface area contributed by atoms with Gasteiger partial charge in [-0.2, -0.15) is 0 Å². The summed E-state index contributed by atoms with van der Waals surface area (Å²) >= 11 is 0. The topological polar surface area (TPSA) is 20.2 Å². The second-order valence-electron chi connectivity index (χ2n) is 14.0. The molecule has 2 spiro atoms. The molecule has 5 rings (SSSR count). The molecule has 176 valence electrons. The Morgan fingerprint density at radius 1 is 0.935 bits per heavy atom. The van der Waals surface area contributed by atoms with E-state index in [9.17, 15) is 5.11 Å². The first kappa shape index (κ1) is 22.5. The standard InChI is InChI=1S/C30H50O/c1-19(2)20(3)8-9-21(4)23-12-14-28(7)26-11-10-24-22(5)25(31)13-15-29(24)18-30(26,29)17-16-27(23,28)6/h20-26,31H,1,8-18H2,2-7H3/t20?,21-,22+,23-,24+,25+,26+,27-,28+,29-,30+/m1/s1. The molecule has 31 heavy (non-hydrogen) atoms. The fourth-order valence-electron chi connectivity index (χ4n) is 10.9. The van der Waals surface area contributed by atoms with Gasteiger partial charge in [-0.05, 0) is 135 Å². The van der Waals surface area contributed by atoms with E-state index in [0.29, 0.717) is 33.5 Å². The molecule has 1 nitrogen and oxygen atoms in total. The summed E-state index contributed by atoms with van der Waals surface area (Å²) in [6, 6.07) is 0. The zero-order chi connectivity index (χ0) is 22.4. The molecule has 5 saturated carbocycles. The minimum atomic E-state index is -0.0347. The van der Waals surface area contributed by atoms with Gasteiger partial charge in [-0.25, -0.2) is 0 Å². The normalized spacial score (nSPS) is 54.7. The molecule has 0 aromatic carbocycles. The monoisotopic (exact) mass is 426 g/mol. The summed E-state index contributed by atoms with van der Waals surface area (Å²) < 4.78 is 0. The van der Waals surface area contributed by atoms with Crippen molar-refractivity contribution in [2.45, 2.75) is 118 Å². The average Bonchev–Trinajstić information content (AvgIpc) is 3.31. The Kier molecular flexibility index (Phi) is 5.15. The first-order chi connectivity index (χ1) is 14.5. The molecule has 1 unspecified atom stereocenters. The van der Waals surface area contributed by atoms with Crippen molar-refractivity contribution in [3.8, 4) is 0 Å². The molecule has 1 heteroatoms. The summed E-state index contributed by atoms with van der Waals surface area (Å²) in [5.41, 5.74) is 3.69. The van der Waals surface area contributed by atoms with E-state index in [1.807, 2.05) is 0 Å². The molecule has 0 saturated heterocycles. The minimum absolute atomic E-state index is 0.0347. The molecule has 0 heterocycles. The molecule has 0 aliphatic heterocycles. The molecule has 5 aliphatic carbocycles. The molecule has 5 aliphatic rings. The Labute approximate surface area is 192 Å². The highest BCUT2D eigenvalue weighted by atomic mass is 16.3. The Hall–Kier alpha value is -0.300. The summed E-state index contributed by atoms with van der Waals surface area (Å²) in [6.07, 6.45) is 15.3. The summed E-state index contributed by atoms with van der Waals surface area (Å²) in [4.78, 5) is 0. The molecule has 0 radical (unpaired) electrons. The molecular weight excluding hydrogens is 376 g/mol. The first-order valence-electron chi connectivity index (χ1n) is 13.9. The molecule has 11 atom stereocenters. The Morgan fingerprint density at radius 2 is 1.68 bits per heavy atom. The maximum Gasteiger partial charge on any atom is 0.0568 e. The van der Waals surface area contributed by atoms with E-state index in [1.54, 1.807) is 0 Å². The van der Waals surface area contributed by atoms with E-state index in [1.165, 1.54) is 69.8 Å². The highest BCUT2D eigenvalue weighted by Crippen LogP contribution is 2.88. The van der Waals surface area contributed by atoms with Crippen LogP contribution in [0.2, 0.25) is 0 Å². The fourth-order valence-corrected chi connectivity index (χ4v) is 10.9. The van der Waals surface area contributed by atoms with Gasteiger partial charge in [0.1, 0.15) is 0 Å². The van der Waals surface area contributed by atoms with E-state index >= 15 is 0 Å². The van der Waals surface area contributed by atoms with Gasteiger partial charge in [-0.3, -0.25) is 0 Å². The van der Waals surface area contributed by atoms with E-state index in [2.05, 4.69) is 48.1 Å². The van der Waals surface area contributed by atoms with Gasteiger partial charge in [0.25, 0.3) is 0 Å². The van der Waals surface area contributed by atoms with Crippen LogP contribution in [0, 0.1) is 57.2 Å². The largest absolute Gasteiger partial charge is 0.393 e. The van der Waals surface area contributed by atoms with Crippen molar-refractivity contribution >= 4 is 0 Å².